The standard InChI is InChI=1S/C10H11NO2/c1-8-2-3-9(13-8)4-5-10(12)11-6-7-11/h2-5H,6-7H2,1H3/b5-4+. The summed E-state index contributed by atoms with van der Waals surface area (Å²) in [6.45, 7) is 3.66. The van der Waals surface area contributed by atoms with Gasteiger partial charge in [0.25, 0.3) is 0 Å². The fraction of sp³-hybridized carbons (Fsp3) is 0.300. The van der Waals surface area contributed by atoms with Crippen molar-refractivity contribution in [3.63, 3.8) is 0 Å². The highest BCUT2D eigenvalue weighted by Gasteiger charge is 2.21. The van der Waals surface area contributed by atoms with E-state index in [0.717, 1.165) is 24.6 Å². The van der Waals surface area contributed by atoms with E-state index >= 15 is 0 Å². The lowest BCUT2D eigenvalue weighted by Gasteiger charge is -1.91. The van der Waals surface area contributed by atoms with E-state index in [-0.39, 0.29) is 5.91 Å². The van der Waals surface area contributed by atoms with Crippen LogP contribution in [-0.4, -0.2) is 23.9 Å². The molecule has 1 aromatic rings. The number of furan rings is 1. The van der Waals surface area contributed by atoms with Crippen LogP contribution >= 0.6 is 0 Å². The molecule has 0 aliphatic carbocycles. The molecule has 3 heteroatoms. The van der Waals surface area contributed by atoms with Crippen LogP contribution < -0.4 is 0 Å². The van der Waals surface area contributed by atoms with Gasteiger partial charge in [0.1, 0.15) is 11.5 Å². The molecule has 0 aromatic carbocycles. The third kappa shape index (κ3) is 1.99. The van der Waals surface area contributed by atoms with Gasteiger partial charge in [-0.3, -0.25) is 4.79 Å². The largest absolute Gasteiger partial charge is 0.462 e. The molecule has 68 valence electrons. The normalized spacial score (nSPS) is 15.3. The lowest BCUT2D eigenvalue weighted by molar-refractivity contribution is -0.120. The van der Waals surface area contributed by atoms with Crippen molar-refractivity contribution in [2.45, 2.75) is 6.92 Å². The minimum absolute atomic E-state index is 0.0639. The molecule has 0 atom stereocenters. The van der Waals surface area contributed by atoms with Crippen molar-refractivity contribution in [2.75, 3.05) is 13.1 Å². The van der Waals surface area contributed by atoms with Crippen LogP contribution in [0.4, 0.5) is 0 Å². The molecule has 0 spiro atoms. The van der Waals surface area contributed by atoms with Crippen LogP contribution in [0.15, 0.2) is 22.6 Å². The highest BCUT2D eigenvalue weighted by Crippen LogP contribution is 2.10. The van der Waals surface area contributed by atoms with Gasteiger partial charge < -0.3 is 9.32 Å². The molecule has 1 aliphatic rings. The van der Waals surface area contributed by atoms with Crippen LogP contribution in [0.1, 0.15) is 11.5 Å². The Morgan fingerprint density at radius 1 is 1.54 bits per heavy atom. The number of nitrogens with zero attached hydrogens (tertiary/aromatic N) is 1. The monoisotopic (exact) mass is 177 g/mol. The summed E-state index contributed by atoms with van der Waals surface area (Å²) in [7, 11) is 0. The first-order valence-corrected chi connectivity index (χ1v) is 4.29. The molecule has 1 saturated heterocycles. The number of aryl methyl sites for hydroxylation is 1. The number of carbonyl (C=O) groups is 1. The molecule has 2 rings (SSSR count). The van der Waals surface area contributed by atoms with Crippen molar-refractivity contribution in [1.82, 2.24) is 4.90 Å². The molecule has 0 unspecified atom stereocenters. The number of rotatable bonds is 2. The summed E-state index contributed by atoms with van der Waals surface area (Å²) in [5.41, 5.74) is 0. The maximum atomic E-state index is 11.2. The first-order chi connectivity index (χ1) is 6.25. The summed E-state index contributed by atoms with van der Waals surface area (Å²) in [5.74, 6) is 1.65. The SMILES string of the molecule is Cc1ccc(/C=C/C(=O)N2CC2)o1. The molecule has 0 radical (unpaired) electrons. The van der Waals surface area contributed by atoms with Gasteiger partial charge in [0.05, 0.1) is 0 Å². The number of hydrogen-bond acceptors (Lipinski definition) is 2. The average molecular weight is 177 g/mol. The average Bonchev–Trinajstić information content (AvgIpc) is 2.87. The van der Waals surface area contributed by atoms with Crippen molar-refractivity contribution >= 4 is 12.0 Å². The summed E-state index contributed by atoms with van der Waals surface area (Å²) < 4.78 is 5.28. The fourth-order valence-electron chi connectivity index (χ4n) is 1.07. The molecule has 0 N–H and O–H groups in total. The minimum atomic E-state index is 0.0639. The quantitative estimate of drug-likeness (QED) is 0.506. The van der Waals surface area contributed by atoms with Gasteiger partial charge in [-0.25, -0.2) is 0 Å². The highest BCUT2D eigenvalue weighted by molar-refractivity contribution is 5.92. The summed E-state index contributed by atoms with van der Waals surface area (Å²) >= 11 is 0. The first kappa shape index (κ1) is 8.10. The van der Waals surface area contributed by atoms with E-state index in [1.54, 1.807) is 17.1 Å². The Morgan fingerprint density at radius 3 is 2.85 bits per heavy atom. The van der Waals surface area contributed by atoms with Crippen LogP contribution in [0.3, 0.4) is 0 Å². The second-order valence-electron chi connectivity index (χ2n) is 3.11. The number of amides is 1. The van der Waals surface area contributed by atoms with Gasteiger partial charge >= 0.3 is 0 Å². The van der Waals surface area contributed by atoms with Crippen molar-refractivity contribution in [3.8, 4) is 0 Å². The van der Waals surface area contributed by atoms with E-state index in [9.17, 15) is 4.79 Å². The van der Waals surface area contributed by atoms with Gasteiger partial charge in [-0.2, -0.15) is 0 Å². The van der Waals surface area contributed by atoms with Gasteiger partial charge in [-0.05, 0) is 25.1 Å². The topological polar surface area (TPSA) is 33.2 Å². The number of carbonyl (C=O) groups excluding carboxylic acids is 1. The van der Waals surface area contributed by atoms with Crippen molar-refractivity contribution in [3.05, 3.63) is 29.7 Å². The Bertz CT molecular complexity index is 348. The Hall–Kier alpha value is -1.51. The lowest BCUT2D eigenvalue weighted by Crippen LogP contribution is -2.05. The molecule has 1 aromatic heterocycles. The zero-order valence-electron chi connectivity index (χ0n) is 7.49. The van der Waals surface area contributed by atoms with Crippen molar-refractivity contribution in [1.29, 1.82) is 0 Å². The molecular formula is C10H11NO2. The minimum Gasteiger partial charge on any atom is -0.462 e. The van der Waals surface area contributed by atoms with Crippen LogP contribution in [0.25, 0.3) is 6.08 Å². The van der Waals surface area contributed by atoms with Crippen molar-refractivity contribution < 1.29 is 9.21 Å². The fourth-order valence-corrected chi connectivity index (χ4v) is 1.07. The summed E-state index contributed by atoms with van der Waals surface area (Å²) in [5, 5.41) is 0. The zero-order valence-corrected chi connectivity index (χ0v) is 7.49. The van der Waals surface area contributed by atoms with E-state index in [2.05, 4.69) is 0 Å². The molecule has 3 nitrogen and oxygen atoms in total. The Kier molecular flexibility index (Phi) is 1.93. The number of hydrogen-bond donors (Lipinski definition) is 0. The van der Waals surface area contributed by atoms with E-state index in [1.165, 1.54) is 0 Å². The molecule has 0 saturated carbocycles. The van der Waals surface area contributed by atoms with Gasteiger partial charge in [0.2, 0.25) is 5.91 Å². The van der Waals surface area contributed by atoms with E-state index in [1.807, 2.05) is 19.1 Å². The third-order valence-corrected chi connectivity index (χ3v) is 1.91. The van der Waals surface area contributed by atoms with E-state index in [0.29, 0.717) is 0 Å². The van der Waals surface area contributed by atoms with Crippen LogP contribution in [0, 0.1) is 6.92 Å². The Labute approximate surface area is 76.6 Å². The molecule has 1 amide bonds. The second-order valence-corrected chi connectivity index (χ2v) is 3.11. The van der Waals surface area contributed by atoms with Crippen molar-refractivity contribution in [2.24, 2.45) is 0 Å². The van der Waals surface area contributed by atoms with Crippen LogP contribution in [0.2, 0.25) is 0 Å². The van der Waals surface area contributed by atoms with E-state index in [4.69, 9.17) is 4.42 Å². The maximum Gasteiger partial charge on any atom is 0.246 e. The Morgan fingerprint density at radius 2 is 2.31 bits per heavy atom. The van der Waals surface area contributed by atoms with Gasteiger partial charge in [-0.15, -0.1) is 0 Å². The molecule has 1 aliphatic heterocycles. The highest BCUT2D eigenvalue weighted by atomic mass is 16.3. The molecule has 0 bridgehead atoms. The molecule has 2 heterocycles. The predicted molar refractivity (Wildman–Crippen MR) is 49.1 cm³/mol. The van der Waals surface area contributed by atoms with Gasteiger partial charge in [-0.1, -0.05) is 0 Å². The zero-order chi connectivity index (χ0) is 9.26. The van der Waals surface area contributed by atoms with Gasteiger partial charge in [0, 0.05) is 19.2 Å². The third-order valence-electron chi connectivity index (χ3n) is 1.91. The smallest absolute Gasteiger partial charge is 0.246 e. The predicted octanol–water partition coefficient (Wildman–Crippen LogP) is 1.44. The maximum absolute atomic E-state index is 11.2. The lowest BCUT2D eigenvalue weighted by atomic mass is 10.4. The molecule has 1 fully saturated rings. The second kappa shape index (κ2) is 3.09. The van der Waals surface area contributed by atoms with Crippen LogP contribution in [-0.2, 0) is 4.79 Å². The molecular weight excluding hydrogens is 166 g/mol. The summed E-state index contributed by atoms with van der Waals surface area (Å²) in [6, 6.07) is 3.73. The van der Waals surface area contributed by atoms with E-state index < -0.39 is 0 Å². The summed E-state index contributed by atoms with van der Waals surface area (Å²) in [6.07, 6.45) is 3.25. The Balaban J connectivity index is 2.00. The summed E-state index contributed by atoms with van der Waals surface area (Å²) in [4.78, 5) is 12.9. The molecule has 13 heavy (non-hydrogen) atoms. The first-order valence-electron chi connectivity index (χ1n) is 4.29. The van der Waals surface area contributed by atoms with Gasteiger partial charge in [0.15, 0.2) is 0 Å². The van der Waals surface area contributed by atoms with Crippen LogP contribution in [0.5, 0.6) is 0 Å².